The van der Waals surface area contributed by atoms with Crippen LogP contribution in [0.15, 0.2) is 47.4 Å². The zero-order valence-electron chi connectivity index (χ0n) is 10.5. The van der Waals surface area contributed by atoms with E-state index in [2.05, 4.69) is 0 Å². The van der Waals surface area contributed by atoms with Gasteiger partial charge in [-0.05, 0) is 24.3 Å². The molecule has 2 aromatic rings. The monoisotopic (exact) mass is 310 g/mol. The van der Waals surface area contributed by atoms with Crippen molar-refractivity contribution in [2.75, 3.05) is 5.73 Å². The Labute approximate surface area is 119 Å². The maximum absolute atomic E-state index is 11.3. The number of nitrogen functional groups attached to an aromatic ring is 1. The third-order valence-corrected chi connectivity index (χ3v) is 3.40. The minimum Gasteiger partial charge on any atom is -0.449 e. The third-order valence-electron chi connectivity index (χ3n) is 2.53. The van der Waals surface area contributed by atoms with E-state index in [1.807, 2.05) is 0 Å². The topological polar surface area (TPSA) is 133 Å². The predicted octanol–water partition coefficient (Wildman–Crippen LogP) is 2.22. The second-order valence-corrected chi connectivity index (χ2v) is 5.40. The van der Waals surface area contributed by atoms with E-state index >= 15 is 0 Å². The second-order valence-electron chi connectivity index (χ2n) is 4.01. The van der Waals surface area contributed by atoms with Gasteiger partial charge in [0.15, 0.2) is 0 Å². The molecule has 0 radical (unpaired) electrons. The number of nitro groups is 1. The van der Waals surface area contributed by atoms with Gasteiger partial charge in [0.25, 0.3) is 10.1 Å². The first-order valence-electron chi connectivity index (χ1n) is 5.57. The molecule has 0 bridgehead atoms. The number of rotatable bonds is 4. The van der Waals surface area contributed by atoms with Crippen LogP contribution in [0.3, 0.4) is 0 Å². The van der Waals surface area contributed by atoms with Crippen LogP contribution in [0.25, 0.3) is 0 Å². The van der Waals surface area contributed by atoms with Crippen molar-refractivity contribution in [2.24, 2.45) is 0 Å². The van der Waals surface area contributed by atoms with Gasteiger partial charge < -0.3 is 10.5 Å². The van der Waals surface area contributed by atoms with Gasteiger partial charge in [0.1, 0.15) is 10.6 Å². The number of para-hydroxylation sites is 2. The zero-order chi connectivity index (χ0) is 15.6. The summed E-state index contributed by atoms with van der Waals surface area (Å²) in [5.41, 5.74) is 5.21. The van der Waals surface area contributed by atoms with Gasteiger partial charge >= 0.3 is 5.69 Å². The van der Waals surface area contributed by atoms with E-state index in [0.717, 1.165) is 6.07 Å². The van der Waals surface area contributed by atoms with Crippen LogP contribution in [0.2, 0.25) is 0 Å². The molecule has 0 fully saturated rings. The molecule has 2 rings (SSSR count). The molecule has 21 heavy (non-hydrogen) atoms. The van der Waals surface area contributed by atoms with Gasteiger partial charge in [0, 0.05) is 11.8 Å². The highest BCUT2D eigenvalue weighted by Gasteiger charge is 2.21. The molecule has 0 aliphatic heterocycles. The van der Waals surface area contributed by atoms with Crippen LogP contribution in [0.1, 0.15) is 0 Å². The van der Waals surface area contributed by atoms with E-state index in [0.29, 0.717) is 0 Å². The quantitative estimate of drug-likeness (QED) is 0.383. The van der Waals surface area contributed by atoms with Gasteiger partial charge in [-0.1, -0.05) is 12.1 Å². The van der Waals surface area contributed by atoms with E-state index in [-0.39, 0.29) is 22.9 Å². The normalized spacial score (nSPS) is 11.1. The van der Waals surface area contributed by atoms with Crippen LogP contribution in [-0.2, 0) is 10.1 Å². The lowest BCUT2D eigenvalue weighted by molar-refractivity contribution is -0.385. The fourth-order valence-electron chi connectivity index (χ4n) is 1.62. The van der Waals surface area contributed by atoms with Crippen LogP contribution in [0, 0.1) is 10.1 Å². The minimum atomic E-state index is -4.58. The fraction of sp³-hybridized carbons (Fsp3) is 0. The lowest BCUT2D eigenvalue weighted by Gasteiger charge is -2.10. The molecule has 0 aliphatic carbocycles. The number of hydrogen-bond acceptors (Lipinski definition) is 6. The van der Waals surface area contributed by atoms with E-state index in [4.69, 9.17) is 15.0 Å². The van der Waals surface area contributed by atoms with Gasteiger partial charge in [0.2, 0.25) is 5.75 Å². The Kier molecular flexibility index (Phi) is 3.78. The Morgan fingerprint density at radius 2 is 1.81 bits per heavy atom. The molecule has 9 heteroatoms. The Hall–Kier alpha value is -2.65. The van der Waals surface area contributed by atoms with Crippen molar-refractivity contribution in [3.8, 4) is 11.5 Å². The van der Waals surface area contributed by atoms with Crippen LogP contribution in [0.5, 0.6) is 11.5 Å². The molecule has 8 nitrogen and oxygen atoms in total. The number of nitrogens with zero attached hydrogens (tertiary/aromatic N) is 1. The summed E-state index contributed by atoms with van der Waals surface area (Å²) in [6.07, 6.45) is 0. The van der Waals surface area contributed by atoms with E-state index in [1.54, 1.807) is 0 Å². The molecular weight excluding hydrogens is 300 g/mol. The highest BCUT2D eigenvalue weighted by atomic mass is 32.2. The molecular formula is C12H10N2O6S. The summed E-state index contributed by atoms with van der Waals surface area (Å²) >= 11 is 0. The average Bonchev–Trinajstić information content (AvgIpc) is 2.40. The number of benzene rings is 2. The largest absolute Gasteiger partial charge is 0.449 e. The van der Waals surface area contributed by atoms with Crippen LogP contribution in [-0.4, -0.2) is 17.9 Å². The molecule has 0 spiro atoms. The molecule has 3 N–H and O–H groups in total. The van der Waals surface area contributed by atoms with Crippen molar-refractivity contribution in [1.29, 1.82) is 0 Å². The number of anilines is 1. The smallest absolute Gasteiger partial charge is 0.311 e. The van der Waals surface area contributed by atoms with E-state index in [9.17, 15) is 18.5 Å². The van der Waals surface area contributed by atoms with Crippen LogP contribution in [0.4, 0.5) is 11.4 Å². The Bertz CT molecular complexity index is 803. The zero-order valence-corrected chi connectivity index (χ0v) is 11.3. The molecule has 0 saturated heterocycles. The minimum absolute atomic E-state index is 0.0949. The number of hydrogen-bond donors (Lipinski definition) is 2. The van der Waals surface area contributed by atoms with E-state index < -0.39 is 19.9 Å². The summed E-state index contributed by atoms with van der Waals surface area (Å²) in [6, 6.07) is 9.00. The first-order valence-corrected chi connectivity index (χ1v) is 7.01. The molecule has 0 aliphatic rings. The number of nitro benzene ring substituents is 1. The highest BCUT2D eigenvalue weighted by Crippen LogP contribution is 2.35. The maximum Gasteiger partial charge on any atom is 0.311 e. The predicted molar refractivity (Wildman–Crippen MR) is 73.8 cm³/mol. The Morgan fingerprint density at radius 3 is 2.43 bits per heavy atom. The molecule has 0 atom stereocenters. The van der Waals surface area contributed by atoms with Gasteiger partial charge in [0.05, 0.1) is 4.92 Å². The summed E-state index contributed by atoms with van der Waals surface area (Å²) in [6.45, 7) is 0. The molecule has 0 amide bonds. The van der Waals surface area contributed by atoms with Crippen molar-refractivity contribution in [3.05, 3.63) is 52.6 Å². The Balaban J connectivity index is 2.53. The van der Waals surface area contributed by atoms with Gasteiger partial charge in [-0.25, -0.2) is 0 Å². The van der Waals surface area contributed by atoms with E-state index in [1.165, 1.54) is 36.4 Å². The molecule has 0 heterocycles. The lowest BCUT2D eigenvalue weighted by atomic mass is 10.3. The van der Waals surface area contributed by atoms with Gasteiger partial charge in [-0.3, -0.25) is 14.7 Å². The second kappa shape index (κ2) is 5.38. The summed E-state index contributed by atoms with van der Waals surface area (Å²) in [5, 5.41) is 10.9. The maximum atomic E-state index is 11.3. The summed E-state index contributed by atoms with van der Waals surface area (Å²) < 4.78 is 37.0. The van der Waals surface area contributed by atoms with Crippen molar-refractivity contribution in [1.82, 2.24) is 0 Å². The van der Waals surface area contributed by atoms with Crippen molar-refractivity contribution in [3.63, 3.8) is 0 Å². The molecule has 110 valence electrons. The van der Waals surface area contributed by atoms with Gasteiger partial charge in [-0.15, -0.1) is 0 Å². The molecule has 0 saturated carbocycles. The average molecular weight is 310 g/mol. The first kappa shape index (κ1) is 14.8. The highest BCUT2D eigenvalue weighted by molar-refractivity contribution is 7.86. The van der Waals surface area contributed by atoms with Crippen molar-refractivity contribution in [2.45, 2.75) is 4.90 Å². The lowest BCUT2D eigenvalue weighted by Crippen LogP contribution is -2.03. The summed E-state index contributed by atoms with van der Waals surface area (Å²) in [4.78, 5) is 9.65. The number of ether oxygens (including phenoxy) is 1. The fourth-order valence-corrected chi connectivity index (χ4v) is 2.27. The van der Waals surface area contributed by atoms with Crippen molar-refractivity contribution < 1.29 is 22.6 Å². The van der Waals surface area contributed by atoms with Crippen LogP contribution < -0.4 is 10.5 Å². The molecule has 0 aromatic heterocycles. The Morgan fingerprint density at radius 1 is 1.14 bits per heavy atom. The SMILES string of the molecule is Nc1ccc(Oc2ccccc2[N+](=O)[O-])c(S(=O)(=O)O)c1. The van der Waals surface area contributed by atoms with Crippen LogP contribution >= 0.6 is 0 Å². The summed E-state index contributed by atoms with van der Waals surface area (Å²) in [7, 11) is -4.58. The third kappa shape index (κ3) is 3.27. The van der Waals surface area contributed by atoms with Crippen molar-refractivity contribution >= 4 is 21.5 Å². The molecule has 2 aromatic carbocycles. The standard InChI is InChI=1S/C12H10N2O6S/c13-8-5-6-11(12(7-8)21(17,18)19)20-10-4-2-1-3-9(10)14(15)16/h1-7H,13H2,(H,17,18,19). The summed E-state index contributed by atoms with van der Waals surface area (Å²) in [5.74, 6) is -0.418. The number of nitrogens with two attached hydrogens (primary N) is 1. The molecule has 0 unspecified atom stereocenters. The first-order chi connectivity index (χ1) is 9.79. The van der Waals surface area contributed by atoms with Gasteiger partial charge in [-0.2, -0.15) is 8.42 Å².